The largest absolute Gasteiger partial charge is 0.494 e. The van der Waals surface area contributed by atoms with Crippen molar-refractivity contribution < 1.29 is 9.30 Å². The Morgan fingerprint density at radius 1 is 1.05 bits per heavy atom. The van der Waals surface area contributed by atoms with Crippen molar-refractivity contribution in [2.45, 2.75) is 33.2 Å². The molecular formula is C29H36N7O2P. The Morgan fingerprint density at radius 3 is 2.54 bits per heavy atom. The van der Waals surface area contributed by atoms with Crippen LogP contribution in [0.1, 0.15) is 25.1 Å². The van der Waals surface area contributed by atoms with E-state index >= 15 is 0 Å². The molecule has 0 unspecified atom stereocenters. The summed E-state index contributed by atoms with van der Waals surface area (Å²) in [5.41, 5.74) is 6.95. The fourth-order valence-electron chi connectivity index (χ4n) is 5.08. The maximum Gasteiger partial charge on any atom is 0.229 e. The second-order valence-corrected chi connectivity index (χ2v) is 13.8. The van der Waals surface area contributed by atoms with Gasteiger partial charge in [-0.05, 0) is 52.3 Å². The molecule has 0 fully saturated rings. The van der Waals surface area contributed by atoms with Crippen molar-refractivity contribution in [3.05, 3.63) is 60.0 Å². The van der Waals surface area contributed by atoms with E-state index in [0.717, 1.165) is 52.0 Å². The fraction of sp³-hybridized carbons (Fsp3) is 0.345. The molecule has 5 rings (SSSR count). The molecule has 2 N–H and O–H groups in total. The molecule has 9 nitrogen and oxygen atoms in total. The number of anilines is 5. The van der Waals surface area contributed by atoms with Crippen molar-refractivity contribution in [1.82, 2.24) is 19.7 Å². The fourth-order valence-corrected chi connectivity index (χ4v) is 6.24. The van der Waals surface area contributed by atoms with E-state index in [1.54, 1.807) is 26.6 Å². The number of fused-ring (bicyclic) bond motifs is 3. The minimum absolute atomic E-state index is 0.327. The van der Waals surface area contributed by atoms with E-state index in [-0.39, 0.29) is 0 Å². The van der Waals surface area contributed by atoms with Gasteiger partial charge in [-0.25, -0.2) is 4.98 Å². The first-order valence-electron chi connectivity index (χ1n) is 13.1. The molecule has 0 amide bonds. The Bertz CT molecular complexity index is 1570. The Hall–Kier alpha value is -3.84. The summed E-state index contributed by atoms with van der Waals surface area (Å²) in [5, 5.41) is 12.1. The lowest BCUT2D eigenvalue weighted by Gasteiger charge is -2.30. The van der Waals surface area contributed by atoms with Crippen LogP contribution in [0.15, 0.2) is 48.8 Å². The topological polar surface area (TPSA) is 97.2 Å². The molecule has 10 heteroatoms. The first kappa shape index (κ1) is 26.8. The summed E-state index contributed by atoms with van der Waals surface area (Å²) in [6, 6.07) is 12.2. The number of para-hydroxylation sites is 1. The molecule has 4 aromatic rings. The summed E-state index contributed by atoms with van der Waals surface area (Å²) in [6.07, 6.45) is 4.62. The minimum atomic E-state index is -2.49. The van der Waals surface area contributed by atoms with E-state index in [2.05, 4.69) is 51.6 Å². The lowest BCUT2D eigenvalue weighted by atomic mass is 10.0. The second kappa shape index (κ2) is 10.4. The SMILES string of the molecule is COc1cc2c(cc1Nc1ncc(C)c(Nc3ccccc3P(C)(C)=O)n1)-c1cnn(C)c1CCN2C(C)C. The quantitative estimate of drug-likeness (QED) is 0.286. The number of hydrogen-bond acceptors (Lipinski definition) is 8. The third-order valence-electron chi connectivity index (χ3n) is 7.15. The van der Waals surface area contributed by atoms with Gasteiger partial charge in [0.25, 0.3) is 0 Å². The van der Waals surface area contributed by atoms with Crippen LogP contribution >= 0.6 is 7.14 Å². The van der Waals surface area contributed by atoms with Crippen LogP contribution in [0.4, 0.5) is 28.8 Å². The standard InChI is InChI=1S/C29H36N7O2P/c1-18(2)36-13-12-24-21(17-31-35(24)4)20-14-23(26(38-5)15-25(20)36)33-29-30-16-19(3)28(34-29)32-22-10-8-9-11-27(22)39(6,7)37/h8-11,14-18H,12-13H2,1-7H3,(H2,30,32,33,34). The van der Waals surface area contributed by atoms with E-state index in [1.165, 1.54) is 5.69 Å². The number of ether oxygens (including phenoxy) is 1. The van der Waals surface area contributed by atoms with E-state index in [0.29, 0.717) is 23.6 Å². The maximum atomic E-state index is 12.9. The van der Waals surface area contributed by atoms with Crippen molar-refractivity contribution >= 4 is 41.3 Å². The molecular weight excluding hydrogens is 509 g/mol. The highest BCUT2D eigenvalue weighted by Crippen LogP contribution is 2.44. The number of aryl methyl sites for hydroxylation is 2. The smallest absolute Gasteiger partial charge is 0.229 e. The van der Waals surface area contributed by atoms with Crippen molar-refractivity contribution in [2.75, 3.05) is 42.5 Å². The first-order valence-corrected chi connectivity index (χ1v) is 15.7. The van der Waals surface area contributed by atoms with E-state index in [1.807, 2.05) is 49.1 Å². The van der Waals surface area contributed by atoms with Crippen LogP contribution in [-0.4, -0.2) is 52.8 Å². The maximum absolute atomic E-state index is 12.9. The monoisotopic (exact) mass is 545 g/mol. The molecule has 0 saturated carbocycles. The minimum Gasteiger partial charge on any atom is -0.494 e. The van der Waals surface area contributed by atoms with Crippen molar-refractivity contribution in [2.24, 2.45) is 7.05 Å². The molecule has 0 radical (unpaired) electrons. The normalized spacial score (nSPS) is 13.1. The Labute approximate surface area is 230 Å². The van der Waals surface area contributed by atoms with Gasteiger partial charge >= 0.3 is 0 Å². The number of rotatable bonds is 7. The van der Waals surface area contributed by atoms with Crippen LogP contribution in [0, 0.1) is 6.92 Å². The number of nitrogens with one attached hydrogen (secondary N) is 2. The van der Waals surface area contributed by atoms with Crippen LogP contribution in [0.5, 0.6) is 5.75 Å². The molecule has 0 atom stereocenters. The van der Waals surface area contributed by atoms with Gasteiger partial charge in [0.15, 0.2) is 0 Å². The van der Waals surface area contributed by atoms with Gasteiger partial charge in [0, 0.05) is 71.7 Å². The highest BCUT2D eigenvalue weighted by atomic mass is 31.2. The molecule has 0 spiro atoms. The zero-order valence-electron chi connectivity index (χ0n) is 23.6. The average molecular weight is 546 g/mol. The molecule has 1 aliphatic rings. The number of methoxy groups -OCH3 is 1. The molecule has 0 saturated heterocycles. The Kier molecular flexibility index (Phi) is 7.12. The van der Waals surface area contributed by atoms with E-state index in [9.17, 15) is 4.57 Å². The van der Waals surface area contributed by atoms with Gasteiger partial charge in [-0.2, -0.15) is 10.1 Å². The molecule has 3 heterocycles. The second-order valence-electron chi connectivity index (χ2n) is 10.6. The number of benzene rings is 2. The van der Waals surface area contributed by atoms with Crippen molar-refractivity contribution in [3.8, 4) is 16.9 Å². The van der Waals surface area contributed by atoms with Crippen LogP contribution in [0.2, 0.25) is 0 Å². The molecule has 0 aliphatic carbocycles. The lowest BCUT2D eigenvalue weighted by Crippen LogP contribution is -2.32. The Morgan fingerprint density at radius 2 is 1.82 bits per heavy atom. The first-order chi connectivity index (χ1) is 18.6. The van der Waals surface area contributed by atoms with Gasteiger partial charge in [-0.1, -0.05) is 12.1 Å². The van der Waals surface area contributed by atoms with Gasteiger partial charge in [0.05, 0.1) is 24.7 Å². The molecule has 204 valence electrons. The summed E-state index contributed by atoms with van der Waals surface area (Å²) < 4.78 is 20.7. The van der Waals surface area contributed by atoms with Crippen molar-refractivity contribution in [3.63, 3.8) is 0 Å². The molecule has 2 aromatic heterocycles. The van der Waals surface area contributed by atoms with Gasteiger partial charge in [0.1, 0.15) is 18.7 Å². The predicted octanol–water partition coefficient (Wildman–Crippen LogP) is 5.70. The zero-order valence-corrected chi connectivity index (χ0v) is 24.5. The number of hydrogen-bond donors (Lipinski definition) is 2. The highest BCUT2D eigenvalue weighted by Gasteiger charge is 2.26. The summed E-state index contributed by atoms with van der Waals surface area (Å²) in [4.78, 5) is 11.7. The molecule has 0 bridgehead atoms. The average Bonchev–Trinajstić information content (AvgIpc) is 3.17. The van der Waals surface area contributed by atoms with Crippen molar-refractivity contribution in [1.29, 1.82) is 0 Å². The van der Waals surface area contributed by atoms with Gasteiger partial charge in [-0.3, -0.25) is 4.68 Å². The van der Waals surface area contributed by atoms with Crippen LogP contribution in [0.3, 0.4) is 0 Å². The third kappa shape index (κ3) is 5.23. The zero-order chi connectivity index (χ0) is 27.9. The number of nitrogens with zero attached hydrogens (tertiary/aromatic N) is 5. The van der Waals surface area contributed by atoms with E-state index in [4.69, 9.17) is 9.72 Å². The summed E-state index contributed by atoms with van der Waals surface area (Å²) in [7, 11) is 1.18. The van der Waals surface area contributed by atoms with Gasteiger partial charge < -0.3 is 24.8 Å². The summed E-state index contributed by atoms with van der Waals surface area (Å²) in [6.45, 7) is 10.8. The predicted molar refractivity (Wildman–Crippen MR) is 160 cm³/mol. The molecule has 39 heavy (non-hydrogen) atoms. The number of aromatic nitrogens is 4. The van der Waals surface area contributed by atoms with Gasteiger partial charge in [0.2, 0.25) is 5.95 Å². The van der Waals surface area contributed by atoms with Crippen LogP contribution in [0.25, 0.3) is 11.1 Å². The van der Waals surface area contributed by atoms with Gasteiger partial charge in [-0.15, -0.1) is 0 Å². The summed E-state index contributed by atoms with van der Waals surface area (Å²) >= 11 is 0. The molecule has 1 aliphatic heterocycles. The lowest BCUT2D eigenvalue weighted by molar-refractivity contribution is 0.416. The highest BCUT2D eigenvalue weighted by molar-refractivity contribution is 7.70. The van der Waals surface area contributed by atoms with Crippen LogP contribution in [-0.2, 0) is 18.0 Å². The summed E-state index contributed by atoms with van der Waals surface area (Å²) in [5.74, 6) is 1.77. The van der Waals surface area contributed by atoms with Crippen LogP contribution < -0.4 is 25.6 Å². The third-order valence-corrected chi connectivity index (χ3v) is 8.70. The Balaban J connectivity index is 1.55. The molecule has 2 aromatic carbocycles. The van der Waals surface area contributed by atoms with E-state index < -0.39 is 7.14 Å².